The molecule has 1 unspecified atom stereocenters. The number of rotatable bonds is 9. The Hall–Kier alpha value is -1.36. The van der Waals surface area contributed by atoms with Gasteiger partial charge in [0, 0.05) is 11.5 Å². The molecule has 0 saturated carbocycles. The fraction of sp³-hybridized carbons (Fsp3) is 0.733. The van der Waals surface area contributed by atoms with Crippen LogP contribution in [0.25, 0.3) is 0 Å². The van der Waals surface area contributed by atoms with Crippen molar-refractivity contribution in [1.29, 1.82) is 0 Å². The van der Waals surface area contributed by atoms with Gasteiger partial charge in [-0.15, -0.1) is 0 Å². The molecule has 116 valence electrons. The predicted molar refractivity (Wildman–Crippen MR) is 79.8 cm³/mol. The zero-order valence-electron chi connectivity index (χ0n) is 13.4. The number of hydrogen-bond acceptors (Lipinski definition) is 3. The number of likely N-dealkylation sites (N-methyl/N-ethyl adjacent to an activating group) is 1. The molecule has 0 aliphatic carbocycles. The average molecular weight is 285 g/mol. The van der Waals surface area contributed by atoms with E-state index in [0.29, 0.717) is 25.0 Å². The maximum atomic E-state index is 12.0. The Bertz CT molecular complexity index is 362. The van der Waals surface area contributed by atoms with Gasteiger partial charge in [0.2, 0.25) is 5.91 Å². The molecular weight excluding hydrogens is 256 g/mol. The molecular formula is C15H29N2O3+. The SMILES string of the molecule is C/C=C(/CC(CC)C(N)=O)C(=O)OCC[N+](C)(C)CC. The minimum Gasteiger partial charge on any atom is -0.456 e. The van der Waals surface area contributed by atoms with E-state index in [0.717, 1.165) is 17.6 Å². The quantitative estimate of drug-likeness (QED) is 0.396. The summed E-state index contributed by atoms with van der Waals surface area (Å²) in [7, 11) is 4.18. The van der Waals surface area contributed by atoms with Crippen LogP contribution < -0.4 is 5.73 Å². The first-order valence-electron chi connectivity index (χ1n) is 7.21. The Labute approximate surface area is 122 Å². The van der Waals surface area contributed by atoms with E-state index in [1.54, 1.807) is 13.0 Å². The van der Waals surface area contributed by atoms with Crippen molar-refractivity contribution in [3.63, 3.8) is 0 Å². The number of nitrogens with two attached hydrogens (primary N) is 1. The molecule has 0 aromatic carbocycles. The van der Waals surface area contributed by atoms with Crippen LogP contribution in [0.1, 0.15) is 33.6 Å². The Morgan fingerprint density at radius 2 is 1.90 bits per heavy atom. The van der Waals surface area contributed by atoms with Crippen LogP contribution >= 0.6 is 0 Å². The summed E-state index contributed by atoms with van der Waals surface area (Å²) in [4.78, 5) is 23.2. The van der Waals surface area contributed by atoms with E-state index in [-0.39, 0.29) is 17.8 Å². The van der Waals surface area contributed by atoms with Gasteiger partial charge in [0.15, 0.2) is 0 Å². The molecule has 0 fully saturated rings. The van der Waals surface area contributed by atoms with Gasteiger partial charge < -0.3 is 15.0 Å². The number of carbonyl (C=O) groups excluding carboxylic acids is 2. The molecule has 5 heteroatoms. The van der Waals surface area contributed by atoms with Crippen molar-refractivity contribution in [3.8, 4) is 0 Å². The number of carbonyl (C=O) groups is 2. The summed E-state index contributed by atoms with van der Waals surface area (Å²) in [5, 5.41) is 0. The molecule has 0 radical (unpaired) electrons. The molecule has 0 spiro atoms. The molecule has 0 aliphatic heterocycles. The van der Waals surface area contributed by atoms with Gasteiger partial charge in [0.25, 0.3) is 0 Å². The number of ether oxygens (including phenoxy) is 1. The molecule has 0 rings (SSSR count). The van der Waals surface area contributed by atoms with Crippen LogP contribution in [0, 0.1) is 5.92 Å². The molecule has 0 heterocycles. The fourth-order valence-electron chi connectivity index (χ4n) is 1.67. The van der Waals surface area contributed by atoms with Crippen molar-refractivity contribution in [2.24, 2.45) is 11.7 Å². The lowest BCUT2D eigenvalue weighted by Gasteiger charge is -2.27. The van der Waals surface area contributed by atoms with Gasteiger partial charge in [-0.1, -0.05) is 13.0 Å². The monoisotopic (exact) mass is 285 g/mol. The van der Waals surface area contributed by atoms with Crippen molar-refractivity contribution >= 4 is 11.9 Å². The standard InChI is InChI=1S/C15H28N2O3/c1-6-12(14(16)18)11-13(7-2)15(19)20-10-9-17(4,5)8-3/h7,12H,6,8-11H2,1-5H3,(H-,16,18)/p+1/b13-7-. The van der Waals surface area contributed by atoms with Crippen molar-refractivity contribution in [2.75, 3.05) is 33.8 Å². The van der Waals surface area contributed by atoms with E-state index < -0.39 is 0 Å². The lowest BCUT2D eigenvalue weighted by Crippen LogP contribution is -2.42. The van der Waals surface area contributed by atoms with Gasteiger partial charge >= 0.3 is 5.97 Å². The lowest BCUT2D eigenvalue weighted by atomic mass is 9.96. The molecule has 5 nitrogen and oxygen atoms in total. The van der Waals surface area contributed by atoms with E-state index >= 15 is 0 Å². The van der Waals surface area contributed by atoms with Crippen LogP contribution in [0.4, 0.5) is 0 Å². The second-order valence-corrected chi connectivity index (χ2v) is 5.64. The lowest BCUT2D eigenvalue weighted by molar-refractivity contribution is -0.888. The van der Waals surface area contributed by atoms with Crippen molar-refractivity contribution < 1.29 is 18.8 Å². The van der Waals surface area contributed by atoms with Gasteiger partial charge in [0.1, 0.15) is 13.2 Å². The first-order valence-corrected chi connectivity index (χ1v) is 7.21. The van der Waals surface area contributed by atoms with Crippen LogP contribution in [0.5, 0.6) is 0 Å². The number of hydrogen-bond donors (Lipinski definition) is 1. The second-order valence-electron chi connectivity index (χ2n) is 5.64. The minimum atomic E-state index is -0.372. The van der Waals surface area contributed by atoms with Crippen LogP contribution in [-0.2, 0) is 14.3 Å². The maximum Gasteiger partial charge on any atom is 0.333 e. The van der Waals surface area contributed by atoms with Gasteiger partial charge in [-0.05, 0) is 26.7 Å². The maximum absolute atomic E-state index is 12.0. The number of esters is 1. The predicted octanol–water partition coefficient (Wildman–Crippen LogP) is 1.47. The van der Waals surface area contributed by atoms with Crippen LogP contribution in [-0.4, -0.2) is 50.2 Å². The number of quaternary nitrogens is 1. The number of primary amides is 1. The van der Waals surface area contributed by atoms with Gasteiger partial charge in [-0.25, -0.2) is 4.79 Å². The Morgan fingerprint density at radius 1 is 1.30 bits per heavy atom. The molecule has 2 N–H and O–H groups in total. The van der Waals surface area contributed by atoms with Crippen LogP contribution in [0.15, 0.2) is 11.6 Å². The highest BCUT2D eigenvalue weighted by atomic mass is 16.5. The smallest absolute Gasteiger partial charge is 0.333 e. The fourth-order valence-corrected chi connectivity index (χ4v) is 1.67. The largest absolute Gasteiger partial charge is 0.456 e. The van der Waals surface area contributed by atoms with Crippen LogP contribution in [0.2, 0.25) is 0 Å². The highest BCUT2D eigenvalue weighted by Gasteiger charge is 2.20. The molecule has 0 aromatic heterocycles. The first-order chi connectivity index (χ1) is 9.27. The first kappa shape index (κ1) is 18.6. The van der Waals surface area contributed by atoms with Crippen molar-refractivity contribution in [1.82, 2.24) is 0 Å². The minimum absolute atomic E-state index is 0.309. The summed E-state index contributed by atoms with van der Waals surface area (Å²) in [6, 6.07) is 0. The average Bonchev–Trinajstić information content (AvgIpc) is 2.39. The van der Waals surface area contributed by atoms with Gasteiger partial charge in [-0.2, -0.15) is 0 Å². The zero-order valence-corrected chi connectivity index (χ0v) is 13.4. The van der Waals surface area contributed by atoms with E-state index in [4.69, 9.17) is 10.5 Å². The Morgan fingerprint density at radius 3 is 2.30 bits per heavy atom. The van der Waals surface area contributed by atoms with Gasteiger partial charge in [0.05, 0.1) is 20.6 Å². The summed E-state index contributed by atoms with van der Waals surface area (Å²) < 4.78 is 6.09. The van der Waals surface area contributed by atoms with Crippen molar-refractivity contribution in [3.05, 3.63) is 11.6 Å². The third-order valence-electron chi connectivity index (χ3n) is 3.76. The second kappa shape index (κ2) is 8.74. The molecule has 20 heavy (non-hydrogen) atoms. The number of nitrogens with zero attached hydrogens (tertiary/aromatic N) is 1. The zero-order chi connectivity index (χ0) is 15.8. The van der Waals surface area contributed by atoms with Crippen molar-refractivity contribution in [2.45, 2.75) is 33.6 Å². The Balaban J connectivity index is 4.40. The van der Waals surface area contributed by atoms with E-state index in [2.05, 4.69) is 21.0 Å². The summed E-state index contributed by atoms with van der Waals surface area (Å²) in [5.41, 5.74) is 5.83. The molecule has 0 saturated heterocycles. The normalized spacial score (nSPS) is 13.9. The highest BCUT2D eigenvalue weighted by Crippen LogP contribution is 2.16. The molecule has 1 atom stereocenters. The summed E-state index contributed by atoms with van der Waals surface area (Å²) in [5.74, 6) is -1.02. The Kier molecular flexibility index (Phi) is 8.15. The summed E-state index contributed by atoms with van der Waals surface area (Å²) in [6.45, 7) is 7.88. The van der Waals surface area contributed by atoms with Gasteiger partial charge in [-0.3, -0.25) is 4.79 Å². The summed E-state index contributed by atoms with van der Waals surface area (Å²) in [6.07, 6.45) is 2.68. The highest BCUT2D eigenvalue weighted by molar-refractivity contribution is 5.89. The third kappa shape index (κ3) is 6.70. The topological polar surface area (TPSA) is 69.4 Å². The molecule has 0 aromatic rings. The molecule has 0 bridgehead atoms. The van der Waals surface area contributed by atoms with E-state index in [1.165, 1.54) is 0 Å². The third-order valence-corrected chi connectivity index (χ3v) is 3.76. The molecule has 0 aliphatic rings. The summed E-state index contributed by atoms with van der Waals surface area (Å²) >= 11 is 0. The van der Waals surface area contributed by atoms with E-state index in [1.807, 2.05) is 6.92 Å². The number of amides is 1. The van der Waals surface area contributed by atoms with E-state index in [9.17, 15) is 9.59 Å². The molecule has 1 amide bonds. The van der Waals surface area contributed by atoms with Crippen LogP contribution in [0.3, 0.4) is 0 Å². The number of allylic oxidation sites excluding steroid dienone is 1.